The van der Waals surface area contributed by atoms with E-state index in [0.29, 0.717) is 0 Å². The fourth-order valence-corrected chi connectivity index (χ4v) is 2.07. The number of ether oxygens (including phenoxy) is 1. The van der Waals surface area contributed by atoms with Crippen molar-refractivity contribution < 1.29 is 4.74 Å². The monoisotopic (exact) mass is 182 g/mol. The Kier molecular flexibility index (Phi) is 1.42. The molecule has 0 radical (unpaired) electrons. The number of hydrogen-bond donors (Lipinski definition) is 0. The Morgan fingerprint density at radius 2 is 1.93 bits per heavy atom. The Morgan fingerprint density at radius 1 is 1.00 bits per heavy atom. The first-order valence-corrected chi connectivity index (χ1v) is 4.68. The summed E-state index contributed by atoms with van der Waals surface area (Å²) in [5, 5.41) is 2.59. The molecule has 0 spiro atoms. The molecular weight excluding hydrogens is 172 g/mol. The zero-order chi connectivity index (χ0) is 9.54. The second-order valence-electron chi connectivity index (χ2n) is 3.46. The smallest absolute Gasteiger partial charge is 0.126 e. The van der Waals surface area contributed by atoms with E-state index in [-0.39, 0.29) is 0 Å². The molecule has 2 aromatic rings. The number of benzene rings is 2. The third-order valence-corrected chi connectivity index (χ3v) is 2.73. The van der Waals surface area contributed by atoms with Crippen LogP contribution in [-0.4, -0.2) is 7.11 Å². The molecule has 14 heavy (non-hydrogen) atoms. The van der Waals surface area contributed by atoms with Crippen LogP contribution in [0.25, 0.3) is 22.9 Å². The molecule has 68 valence electrons. The minimum atomic E-state index is 0.957. The molecule has 3 rings (SSSR count). The van der Waals surface area contributed by atoms with Gasteiger partial charge in [-0.15, -0.1) is 0 Å². The van der Waals surface area contributed by atoms with Crippen LogP contribution in [0.3, 0.4) is 0 Å². The molecule has 0 atom stereocenters. The lowest BCUT2D eigenvalue weighted by Crippen LogP contribution is -1.87. The highest BCUT2D eigenvalue weighted by molar-refractivity contribution is 6.06. The summed E-state index contributed by atoms with van der Waals surface area (Å²) in [5.41, 5.74) is 2.50. The fourth-order valence-electron chi connectivity index (χ4n) is 2.07. The van der Waals surface area contributed by atoms with Crippen molar-refractivity contribution in [1.29, 1.82) is 0 Å². The Labute approximate surface area is 82.6 Å². The summed E-state index contributed by atoms with van der Waals surface area (Å²) in [4.78, 5) is 0. The summed E-state index contributed by atoms with van der Waals surface area (Å²) < 4.78 is 5.33. The van der Waals surface area contributed by atoms with Gasteiger partial charge in [0.1, 0.15) is 5.75 Å². The van der Waals surface area contributed by atoms with E-state index >= 15 is 0 Å². The van der Waals surface area contributed by atoms with E-state index < -0.39 is 0 Å². The minimum Gasteiger partial charge on any atom is -0.496 e. The van der Waals surface area contributed by atoms with Crippen LogP contribution in [0.5, 0.6) is 5.75 Å². The first kappa shape index (κ1) is 7.63. The van der Waals surface area contributed by atoms with Gasteiger partial charge in [0.05, 0.1) is 7.11 Å². The zero-order valence-corrected chi connectivity index (χ0v) is 7.95. The van der Waals surface area contributed by atoms with Crippen molar-refractivity contribution in [2.75, 3.05) is 7.11 Å². The van der Waals surface area contributed by atoms with E-state index in [1.807, 2.05) is 6.07 Å². The van der Waals surface area contributed by atoms with Gasteiger partial charge in [0.15, 0.2) is 0 Å². The van der Waals surface area contributed by atoms with Crippen molar-refractivity contribution in [2.45, 2.75) is 0 Å². The highest BCUT2D eigenvalue weighted by Gasteiger charge is 2.12. The van der Waals surface area contributed by atoms with Crippen LogP contribution in [0.1, 0.15) is 11.1 Å². The lowest BCUT2D eigenvalue weighted by Gasteiger charge is -2.06. The van der Waals surface area contributed by atoms with Gasteiger partial charge in [0, 0.05) is 5.56 Å². The maximum absolute atomic E-state index is 5.33. The van der Waals surface area contributed by atoms with Gasteiger partial charge in [-0.05, 0) is 28.5 Å². The third kappa shape index (κ3) is 0.841. The van der Waals surface area contributed by atoms with Gasteiger partial charge in [0.2, 0.25) is 0 Å². The van der Waals surface area contributed by atoms with Crippen molar-refractivity contribution in [3.63, 3.8) is 0 Å². The normalized spacial score (nSPS) is 12.4. The highest BCUT2D eigenvalue weighted by atomic mass is 16.5. The van der Waals surface area contributed by atoms with Gasteiger partial charge in [0.25, 0.3) is 0 Å². The SMILES string of the molecule is COc1ccc2cccc3c2c1C=C3. The first-order valence-electron chi connectivity index (χ1n) is 4.68. The summed E-state index contributed by atoms with van der Waals surface area (Å²) in [7, 11) is 1.71. The van der Waals surface area contributed by atoms with Crippen LogP contribution in [0, 0.1) is 0 Å². The van der Waals surface area contributed by atoms with Crippen LogP contribution < -0.4 is 4.74 Å². The van der Waals surface area contributed by atoms with E-state index in [0.717, 1.165) is 5.75 Å². The second kappa shape index (κ2) is 2.61. The molecule has 1 aliphatic rings. The fraction of sp³-hybridized carbons (Fsp3) is 0.0769. The number of hydrogen-bond acceptors (Lipinski definition) is 1. The topological polar surface area (TPSA) is 9.23 Å². The summed E-state index contributed by atoms with van der Waals surface area (Å²) in [6.07, 6.45) is 4.26. The van der Waals surface area contributed by atoms with Gasteiger partial charge in [-0.3, -0.25) is 0 Å². The van der Waals surface area contributed by atoms with Gasteiger partial charge in [-0.2, -0.15) is 0 Å². The van der Waals surface area contributed by atoms with Crippen LogP contribution in [0.2, 0.25) is 0 Å². The molecule has 0 aliphatic heterocycles. The molecule has 0 unspecified atom stereocenters. The molecule has 0 amide bonds. The molecule has 2 aromatic carbocycles. The largest absolute Gasteiger partial charge is 0.496 e. The Balaban J connectivity index is 2.50. The lowest BCUT2D eigenvalue weighted by atomic mass is 10.0. The lowest BCUT2D eigenvalue weighted by molar-refractivity contribution is 0.414. The Hall–Kier alpha value is -1.76. The van der Waals surface area contributed by atoms with Gasteiger partial charge >= 0.3 is 0 Å². The van der Waals surface area contributed by atoms with Crippen LogP contribution in [0.15, 0.2) is 30.3 Å². The summed E-state index contributed by atoms with van der Waals surface area (Å²) in [5.74, 6) is 0.957. The molecule has 0 N–H and O–H groups in total. The van der Waals surface area contributed by atoms with Crippen LogP contribution in [-0.2, 0) is 0 Å². The molecule has 1 heteroatoms. The molecule has 0 aromatic heterocycles. The van der Waals surface area contributed by atoms with Crippen molar-refractivity contribution in [3.8, 4) is 5.75 Å². The average molecular weight is 182 g/mol. The van der Waals surface area contributed by atoms with Crippen molar-refractivity contribution in [2.24, 2.45) is 0 Å². The molecule has 0 heterocycles. The number of methoxy groups -OCH3 is 1. The van der Waals surface area contributed by atoms with E-state index in [4.69, 9.17) is 4.74 Å². The highest BCUT2D eigenvalue weighted by Crippen LogP contribution is 2.36. The molecule has 0 saturated heterocycles. The Morgan fingerprint density at radius 3 is 2.79 bits per heavy atom. The second-order valence-corrected chi connectivity index (χ2v) is 3.46. The van der Waals surface area contributed by atoms with Crippen LogP contribution >= 0.6 is 0 Å². The molecule has 0 saturated carbocycles. The number of rotatable bonds is 1. The van der Waals surface area contributed by atoms with Crippen molar-refractivity contribution >= 4 is 22.9 Å². The molecule has 0 bridgehead atoms. The molecule has 1 nitrogen and oxygen atoms in total. The van der Waals surface area contributed by atoms with Gasteiger partial charge in [-0.25, -0.2) is 0 Å². The average Bonchev–Trinajstić information content (AvgIpc) is 2.66. The maximum atomic E-state index is 5.33. The molecule has 0 fully saturated rings. The predicted molar refractivity (Wildman–Crippen MR) is 59.4 cm³/mol. The van der Waals surface area contributed by atoms with Crippen LogP contribution in [0.4, 0.5) is 0 Å². The zero-order valence-electron chi connectivity index (χ0n) is 7.95. The quantitative estimate of drug-likeness (QED) is 0.561. The standard InChI is InChI=1S/C13H10O/c1-14-12-8-6-10-4-2-3-9-5-7-11(12)13(9)10/h2-8H,1H3. The maximum Gasteiger partial charge on any atom is 0.126 e. The van der Waals surface area contributed by atoms with Crippen molar-refractivity contribution in [3.05, 3.63) is 41.5 Å². The summed E-state index contributed by atoms with van der Waals surface area (Å²) in [6.45, 7) is 0. The van der Waals surface area contributed by atoms with E-state index in [9.17, 15) is 0 Å². The van der Waals surface area contributed by atoms with Crippen molar-refractivity contribution in [1.82, 2.24) is 0 Å². The first-order chi connectivity index (χ1) is 6.90. The van der Waals surface area contributed by atoms with E-state index in [1.54, 1.807) is 7.11 Å². The van der Waals surface area contributed by atoms with E-state index in [2.05, 4.69) is 36.4 Å². The molecule has 1 aliphatic carbocycles. The third-order valence-electron chi connectivity index (χ3n) is 2.73. The van der Waals surface area contributed by atoms with Gasteiger partial charge < -0.3 is 4.74 Å². The summed E-state index contributed by atoms with van der Waals surface area (Å²) in [6, 6.07) is 10.5. The molecular formula is C13H10O. The predicted octanol–water partition coefficient (Wildman–Crippen LogP) is 3.33. The Bertz CT molecular complexity index is 538. The minimum absolute atomic E-state index is 0.957. The van der Waals surface area contributed by atoms with Gasteiger partial charge in [-0.1, -0.05) is 30.3 Å². The van der Waals surface area contributed by atoms with E-state index in [1.165, 1.54) is 21.9 Å². The summed E-state index contributed by atoms with van der Waals surface area (Å²) >= 11 is 0.